The molecular formula is C28H29N5O3. The first-order chi connectivity index (χ1) is 17.4. The van der Waals surface area contributed by atoms with Gasteiger partial charge < -0.3 is 25.7 Å². The molecule has 1 aliphatic rings. The highest BCUT2D eigenvalue weighted by molar-refractivity contribution is 6.06. The van der Waals surface area contributed by atoms with E-state index in [0.29, 0.717) is 17.6 Å². The van der Waals surface area contributed by atoms with Gasteiger partial charge in [-0.05, 0) is 93.0 Å². The van der Waals surface area contributed by atoms with Crippen molar-refractivity contribution in [2.24, 2.45) is 0 Å². The number of para-hydroxylation sites is 1. The lowest BCUT2D eigenvalue weighted by Crippen LogP contribution is -2.37. The van der Waals surface area contributed by atoms with Crippen LogP contribution in [0.2, 0.25) is 0 Å². The molecule has 0 spiro atoms. The van der Waals surface area contributed by atoms with Crippen molar-refractivity contribution in [2.75, 3.05) is 30.8 Å². The minimum atomic E-state index is -0.383. The Morgan fingerprint density at radius 1 is 1.06 bits per heavy atom. The van der Waals surface area contributed by atoms with E-state index in [4.69, 9.17) is 4.98 Å². The number of carbonyl (C=O) groups is 1. The predicted molar refractivity (Wildman–Crippen MR) is 142 cm³/mol. The third-order valence-electron chi connectivity index (χ3n) is 6.71. The van der Waals surface area contributed by atoms with Gasteiger partial charge in [-0.3, -0.25) is 4.79 Å². The molecule has 4 aromatic rings. The van der Waals surface area contributed by atoms with Gasteiger partial charge in [0.05, 0.1) is 11.2 Å². The predicted octanol–water partition coefficient (Wildman–Crippen LogP) is 4.77. The SMILES string of the molecule is Cc1ccc(C(=O)Nc2cccc(O)c2O)cc1-c1ccc2nc(NC3CCN(C)CC3)ncc2c1. The Hall–Kier alpha value is -4.17. The summed E-state index contributed by atoms with van der Waals surface area (Å²) in [5.41, 5.74) is 4.33. The molecule has 0 atom stereocenters. The molecule has 0 saturated carbocycles. The summed E-state index contributed by atoms with van der Waals surface area (Å²) in [6, 6.07) is 16.3. The summed E-state index contributed by atoms with van der Waals surface area (Å²) in [4.78, 5) is 24.5. The Bertz CT molecular complexity index is 1430. The van der Waals surface area contributed by atoms with Gasteiger partial charge in [0.1, 0.15) is 0 Å². The first kappa shape index (κ1) is 23.6. The third kappa shape index (κ3) is 4.94. The maximum absolute atomic E-state index is 12.9. The summed E-state index contributed by atoms with van der Waals surface area (Å²) in [7, 11) is 2.14. The Morgan fingerprint density at radius 3 is 2.67 bits per heavy atom. The zero-order valence-electron chi connectivity index (χ0n) is 20.3. The van der Waals surface area contributed by atoms with Crippen LogP contribution in [0.4, 0.5) is 11.6 Å². The largest absolute Gasteiger partial charge is 0.504 e. The maximum Gasteiger partial charge on any atom is 0.255 e. The second kappa shape index (κ2) is 9.83. The van der Waals surface area contributed by atoms with Crippen LogP contribution in [0, 0.1) is 6.92 Å². The molecule has 1 aliphatic heterocycles. The second-order valence-electron chi connectivity index (χ2n) is 9.35. The molecule has 3 aromatic carbocycles. The van der Waals surface area contributed by atoms with Crippen LogP contribution in [0.15, 0.2) is 60.8 Å². The molecular weight excluding hydrogens is 454 g/mol. The first-order valence-corrected chi connectivity index (χ1v) is 12.0. The number of likely N-dealkylation sites (tertiary alicyclic amines) is 1. The lowest BCUT2D eigenvalue weighted by atomic mass is 9.97. The molecule has 8 nitrogen and oxygen atoms in total. The summed E-state index contributed by atoms with van der Waals surface area (Å²) in [6.45, 7) is 4.13. The van der Waals surface area contributed by atoms with Crippen molar-refractivity contribution in [2.45, 2.75) is 25.8 Å². The highest BCUT2D eigenvalue weighted by Crippen LogP contribution is 2.33. The van der Waals surface area contributed by atoms with E-state index in [9.17, 15) is 15.0 Å². The van der Waals surface area contributed by atoms with Gasteiger partial charge in [-0.2, -0.15) is 0 Å². The number of piperidine rings is 1. The molecule has 1 saturated heterocycles. The average molecular weight is 484 g/mol. The first-order valence-electron chi connectivity index (χ1n) is 12.0. The number of carbonyl (C=O) groups excluding carboxylic acids is 1. The molecule has 184 valence electrons. The van der Waals surface area contributed by atoms with E-state index in [-0.39, 0.29) is 23.1 Å². The molecule has 5 rings (SSSR count). The molecule has 8 heteroatoms. The minimum absolute atomic E-state index is 0.148. The number of nitrogens with zero attached hydrogens (tertiary/aromatic N) is 3. The van der Waals surface area contributed by atoms with E-state index in [1.165, 1.54) is 12.1 Å². The van der Waals surface area contributed by atoms with Crippen molar-refractivity contribution < 1.29 is 15.0 Å². The minimum Gasteiger partial charge on any atom is -0.504 e. The molecule has 0 aliphatic carbocycles. The molecule has 36 heavy (non-hydrogen) atoms. The van der Waals surface area contributed by atoms with Crippen molar-refractivity contribution in [3.63, 3.8) is 0 Å². The van der Waals surface area contributed by atoms with E-state index in [1.54, 1.807) is 12.1 Å². The summed E-state index contributed by atoms with van der Waals surface area (Å²) >= 11 is 0. The van der Waals surface area contributed by atoms with Gasteiger partial charge in [0.25, 0.3) is 5.91 Å². The van der Waals surface area contributed by atoms with E-state index < -0.39 is 0 Å². The molecule has 0 radical (unpaired) electrons. The van der Waals surface area contributed by atoms with Crippen LogP contribution in [-0.2, 0) is 0 Å². The summed E-state index contributed by atoms with van der Waals surface area (Å²) in [5, 5.41) is 26.7. The number of phenols is 2. The number of phenolic OH excluding ortho intramolecular Hbond substituents is 2. The maximum atomic E-state index is 12.9. The zero-order chi connectivity index (χ0) is 25.2. The lowest BCUT2D eigenvalue weighted by molar-refractivity contribution is 0.102. The standard InChI is InChI=1S/C28H29N5O3/c1-17-6-7-19(27(36)31-24-4-3-5-25(34)26(24)35)15-22(17)18-8-9-23-20(14-18)16-29-28(32-23)30-21-10-12-33(2)13-11-21/h3-9,14-16,21,34-35H,10-13H2,1-2H3,(H,31,36)(H,29,30,32). The molecule has 0 unspecified atom stereocenters. The smallest absolute Gasteiger partial charge is 0.255 e. The van der Waals surface area contributed by atoms with Crippen LogP contribution in [0.3, 0.4) is 0 Å². The Morgan fingerprint density at radius 2 is 1.86 bits per heavy atom. The van der Waals surface area contributed by atoms with Gasteiger partial charge in [0, 0.05) is 23.2 Å². The number of aromatic hydroxyl groups is 2. The fraction of sp³-hybridized carbons (Fsp3) is 0.250. The van der Waals surface area contributed by atoms with Crippen LogP contribution in [0.5, 0.6) is 11.5 Å². The van der Waals surface area contributed by atoms with Crippen LogP contribution in [0.1, 0.15) is 28.8 Å². The molecule has 2 heterocycles. The fourth-order valence-corrected chi connectivity index (χ4v) is 4.51. The van der Waals surface area contributed by atoms with Gasteiger partial charge >= 0.3 is 0 Å². The van der Waals surface area contributed by atoms with Crippen molar-refractivity contribution in [1.29, 1.82) is 0 Å². The quantitative estimate of drug-likeness (QED) is 0.303. The van der Waals surface area contributed by atoms with Crippen molar-refractivity contribution in [3.05, 3.63) is 71.9 Å². The van der Waals surface area contributed by atoms with Gasteiger partial charge in [0.15, 0.2) is 11.5 Å². The summed E-state index contributed by atoms with van der Waals surface area (Å²) < 4.78 is 0. The van der Waals surface area contributed by atoms with E-state index in [1.807, 2.05) is 43.5 Å². The highest BCUT2D eigenvalue weighted by Gasteiger charge is 2.18. The van der Waals surface area contributed by atoms with E-state index in [0.717, 1.165) is 53.5 Å². The van der Waals surface area contributed by atoms with Crippen molar-refractivity contribution in [1.82, 2.24) is 14.9 Å². The highest BCUT2D eigenvalue weighted by atomic mass is 16.3. The molecule has 1 aromatic heterocycles. The van der Waals surface area contributed by atoms with E-state index in [2.05, 4.69) is 27.6 Å². The molecule has 4 N–H and O–H groups in total. The summed E-state index contributed by atoms with van der Waals surface area (Å²) in [6.07, 6.45) is 3.98. The number of benzene rings is 3. The molecule has 1 fully saturated rings. The van der Waals surface area contributed by atoms with Gasteiger partial charge in [-0.15, -0.1) is 0 Å². The number of hydrogen-bond donors (Lipinski definition) is 4. The van der Waals surface area contributed by atoms with E-state index >= 15 is 0 Å². The average Bonchev–Trinajstić information content (AvgIpc) is 2.88. The third-order valence-corrected chi connectivity index (χ3v) is 6.71. The van der Waals surface area contributed by atoms with Crippen LogP contribution in [0.25, 0.3) is 22.0 Å². The number of aromatic nitrogens is 2. The number of fused-ring (bicyclic) bond motifs is 1. The van der Waals surface area contributed by atoms with Gasteiger partial charge in [0.2, 0.25) is 5.95 Å². The van der Waals surface area contributed by atoms with Gasteiger partial charge in [-0.25, -0.2) is 9.97 Å². The Kier molecular flexibility index (Phi) is 6.43. The lowest BCUT2D eigenvalue weighted by Gasteiger charge is -2.29. The number of rotatable bonds is 5. The second-order valence-corrected chi connectivity index (χ2v) is 9.35. The Balaban J connectivity index is 1.37. The fourth-order valence-electron chi connectivity index (χ4n) is 4.51. The topological polar surface area (TPSA) is 111 Å². The van der Waals surface area contributed by atoms with Crippen LogP contribution >= 0.6 is 0 Å². The van der Waals surface area contributed by atoms with Gasteiger partial charge in [-0.1, -0.05) is 18.2 Å². The number of nitrogens with one attached hydrogen (secondary N) is 2. The number of amides is 1. The van der Waals surface area contributed by atoms with Crippen LogP contribution in [-0.4, -0.2) is 57.2 Å². The van der Waals surface area contributed by atoms with Crippen molar-refractivity contribution >= 4 is 28.4 Å². The molecule has 1 amide bonds. The monoisotopic (exact) mass is 483 g/mol. The summed E-state index contributed by atoms with van der Waals surface area (Å²) in [5.74, 6) is -0.390. The zero-order valence-corrected chi connectivity index (χ0v) is 20.3. The number of aryl methyl sites for hydroxylation is 1. The van der Waals surface area contributed by atoms with Crippen LogP contribution < -0.4 is 10.6 Å². The normalized spacial score (nSPS) is 14.6. The number of anilines is 2. The number of hydrogen-bond acceptors (Lipinski definition) is 7. The van der Waals surface area contributed by atoms with Crippen molar-refractivity contribution in [3.8, 4) is 22.6 Å². The Labute approximate surface area is 209 Å². The molecule has 0 bridgehead atoms.